The molecule has 0 saturated carbocycles. The summed E-state index contributed by atoms with van der Waals surface area (Å²) in [6.45, 7) is 4.84. The average Bonchev–Trinajstić information content (AvgIpc) is 3.32. The molecule has 222 valence electrons. The van der Waals surface area contributed by atoms with E-state index in [0.717, 1.165) is 5.56 Å². The van der Waals surface area contributed by atoms with Gasteiger partial charge in [-0.25, -0.2) is 9.79 Å². The highest BCUT2D eigenvalue weighted by Crippen LogP contribution is 2.35. The van der Waals surface area contributed by atoms with Gasteiger partial charge in [0.05, 0.1) is 36.5 Å². The summed E-state index contributed by atoms with van der Waals surface area (Å²) in [5, 5.41) is 1.07. The highest BCUT2D eigenvalue weighted by Gasteiger charge is 2.31. The van der Waals surface area contributed by atoms with Gasteiger partial charge < -0.3 is 18.9 Å². The number of aromatic nitrogens is 1. The predicted molar refractivity (Wildman–Crippen MR) is 167 cm³/mol. The van der Waals surface area contributed by atoms with E-state index in [4.69, 9.17) is 42.1 Å². The second-order valence-electron chi connectivity index (χ2n) is 9.31. The zero-order valence-corrected chi connectivity index (χ0v) is 26.0. The van der Waals surface area contributed by atoms with Gasteiger partial charge in [0.15, 0.2) is 16.3 Å². The number of ether oxygens (including phenoxy) is 4. The molecular formula is C32H28Cl2N2O6S. The fourth-order valence-corrected chi connectivity index (χ4v) is 5.99. The van der Waals surface area contributed by atoms with Crippen molar-refractivity contribution < 1.29 is 23.7 Å². The van der Waals surface area contributed by atoms with E-state index < -0.39 is 12.0 Å². The maximum absolute atomic E-state index is 14.0. The fraction of sp³-hybridized carbons (Fsp3) is 0.219. The lowest BCUT2D eigenvalue weighted by Gasteiger charge is -2.23. The molecule has 2 heterocycles. The summed E-state index contributed by atoms with van der Waals surface area (Å²) in [6.07, 6.45) is 3.15. The molecule has 1 atom stereocenters. The minimum Gasteiger partial charge on any atom is -0.490 e. The van der Waals surface area contributed by atoms with Crippen LogP contribution in [0.15, 0.2) is 82.2 Å². The topological polar surface area (TPSA) is 88.4 Å². The van der Waals surface area contributed by atoms with E-state index >= 15 is 0 Å². The molecule has 5 rings (SSSR count). The predicted octanol–water partition coefficient (Wildman–Crippen LogP) is 5.70. The molecule has 1 aliphatic heterocycles. The van der Waals surface area contributed by atoms with Crippen molar-refractivity contribution in [2.24, 2.45) is 4.99 Å². The maximum atomic E-state index is 14.0. The van der Waals surface area contributed by atoms with Gasteiger partial charge in [0, 0.05) is 27.4 Å². The van der Waals surface area contributed by atoms with Gasteiger partial charge in [-0.2, -0.15) is 0 Å². The largest absolute Gasteiger partial charge is 0.490 e. The van der Waals surface area contributed by atoms with Crippen LogP contribution in [0.2, 0.25) is 10.0 Å². The number of carbonyl (C=O) groups is 1. The molecule has 11 heteroatoms. The third-order valence-corrected chi connectivity index (χ3v) is 8.21. The lowest BCUT2D eigenvalue weighted by Crippen LogP contribution is -2.39. The molecule has 0 fully saturated rings. The molecule has 0 N–H and O–H groups in total. The van der Waals surface area contributed by atoms with Gasteiger partial charge in [0.1, 0.15) is 12.4 Å². The van der Waals surface area contributed by atoms with Gasteiger partial charge in [-0.1, -0.05) is 58.8 Å². The molecule has 1 aromatic heterocycles. The Balaban J connectivity index is 1.61. The number of halogens is 2. The average molecular weight is 640 g/mol. The number of thiazole rings is 1. The Kier molecular flexibility index (Phi) is 9.55. The molecule has 3 aromatic carbocycles. The highest BCUT2D eigenvalue weighted by atomic mass is 35.5. The number of hydrogen-bond donors (Lipinski definition) is 0. The zero-order valence-electron chi connectivity index (χ0n) is 23.6. The van der Waals surface area contributed by atoms with E-state index in [0.29, 0.717) is 61.0 Å². The zero-order chi connectivity index (χ0) is 30.5. The van der Waals surface area contributed by atoms with Crippen LogP contribution in [0, 0.1) is 0 Å². The molecule has 0 unspecified atom stereocenters. The number of nitrogens with zero attached hydrogens (tertiary/aromatic N) is 2. The summed E-state index contributed by atoms with van der Waals surface area (Å²) < 4.78 is 24.6. The van der Waals surface area contributed by atoms with E-state index in [1.807, 2.05) is 32.0 Å². The van der Waals surface area contributed by atoms with Gasteiger partial charge >= 0.3 is 5.97 Å². The summed E-state index contributed by atoms with van der Waals surface area (Å²) in [4.78, 5) is 31.8. The smallest absolute Gasteiger partial charge is 0.337 e. The number of methoxy groups -OCH3 is 1. The van der Waals surface area contributed by atoms with Gasteiger partial charge in [-0.3, -0.25) is 9.36 Å². The van der Waals surface area contributed by atoms with Crippen molar-refractivity contribution in [3.8, 4) is 17.2 Å². The second-order valence-corrected chi connectivity index (χ2v) is 11.2. The minimum absolute atomic E-state index is 0.208. The summed E-state index contributed by atoms with van der Waals surface area (Å²) in [6, 6.07) is 17.1. The van der Waals surface area contributed by atoms with Crippen LogP contribution in [0.4, 0.5) is 0 Å². The van der Waals surface area contributed by atoms with Crippen molar-refractivity contribution in [1.29, 1.82) is 0 Å². The molecule has 8 nitrogen and oxygen atoms in total. The number of benzene rings is 3. The number of carbonyl (C=O) groups excluding carboxylic acids is 1. The van der Waals surface area contributed by atoms with Crippen molar-refractivity contribution in [3.05, 3.63) is 119 Å². The Morgan fingerprint density at radius 3 is 2.47 bits per heavy atom. The standard InChI is InChI=1S/C32H28Cl2N2O6S/c1-4-40-26-12-10-19(15-27(26)41-5-2)29-23(31(38)39-3)17-35-32-36(29)30(37)28(43-32)16-21-14-22(33)11-13-25(21)42-18-20-8-6-7-9-24(20)34/h6-17,29H,4-5,18H2,1-3H3/b28-16+/t29-/m0/s1. The monoisotopic (exact) mass is 638 g/mol. The van der Waals surface area contributed by atoms with Crippen LogP contribution in [0.1, 0.15) is 36.6 Å². The quantitative estimate of drug-likeness (QED) is 0.207. The van der Waals surface area contributed by atoms with Crippen molar-refractivity contribution in [1.82, 2.24) is 4.57 Å². The van der Waals surface area contributed by atoms with Crippen LogP contribution >= 0.6 is 34.5 Å². The summed E-state index contributed by atoms with van der Waals surface area (Å²) in [7, 11) is 1.29. The van der Waals surface area contributed by atoms with Crippen LogP contribution in [0.3, 0.4) is 0 Å². The Morgan fingerprint density at radius 2 is 1.72 bits per heavy atom. The number of fused-ring (bicyclic) bond motifs is 1. The van der Waals surface area contributed by atoms with Crippen LogP contribution in [0.5, 0.6) is 17.2 Å². The van der Waals surface area contributed by atoms with E-state index in [-0.39, 0.29) is 17.7 Å². The van der Waals surface area contributed by atoms with Crippen molar-refractivity contribution in [3.63, 3.8) is 0 Å². The number of rotatable bonds is 10. The Labute approximate surface area is 262 Å². The molecule has 4 aromatic rings. The van der Waals surface area contributed by atoms with Gasteiger partial charge in [-0.05, 0) is 61.9 Å². The van der Waals surface area contributed by atoms with E-state index in [1.165, 1.54) is 29.2 Å². The molecule has 0 saturated heterocycles. The summed E-state index contributed by atoms with van der Waals surface area (Å²) in [5.74, 6) is 0.994. The Bertz CT molecular complexity index is 1880. The van der Waals surface area contributed by atoms with Crippen LogP contribution in [-0.4, -0.2) is 30.9 Å². The van der Waals surface area contributed by atoms with Gasteiger partial charge in [-0.15, -0.1) is 0 Å². The molecule has 43 heavy (non-hydrogen) atoms. The third kappa shape index (κ3) is 6.49. The maximum Gasteiger partial charge on any atom is 0.337 e. The lowest BCUT2D eigenvalue weighted by molar-refractivity contribution is -0.136. The summed E-state index contributed by atoms with van der Waals surface area (Å²) in [5.41, 5.74) is 1.93. The van der Waals surface area contributed by atoms with Crippen molar-refractivity contribution in [2.75, 3.05) is 20.3 Å². The lowest BCUT2D eigenvalue weighted by atomic mass is 9.97. The first-order valence-corrected chi connectivity index (χ1v) is 15.1. The van der Waals surface area contributed by atoms with E-state index in [9.17, 15) is 9.59 Å². The molecular weight excluding hydrogens is 611 g/mol. The van der Waals surface area contributed by atoms with Crippen molar-refractivity contribution in [2.45, 2.75) is 26.5 Å². The SMILES string of the molecule is CCOc1ccc([C@H]2C(C(=O)OC)=CN=c3s/c(=C/c4cc(Cl)ccc4OCc4ccccc4Cl)c(=O)n32)cc1OCC. The first-order chi connectivity index (χ1) is 20.8. The van der Waals surface area contributed by atoms with Gasteiger partial charge in [0.2, 0.25) is 0 Å². The third-order valence-electron chi connectivity index (χ3n) is 6.61. The number of esters is 1. The highest BCUT2D eigenvalue weighted by molar-refractivity contribution is 7.07. The molecule has 0 radical (unpaired) electrons. The first-order valence-electron chi connectivity index (χ1n) is 13.5. The summed E-state index contributed by atoms with van der Waals surface area (Å²) >= 11 is 13.8. The normalized spacial score (nSPS) is 14.4. The van der Waals surface area contributed by atoms with Crippen LogP contribution < -0.4 is 29.1 Å². The number of hydrogen-bond acceptors (Lipinski definition) is 8. The Hall–Kier alpha value is -4.05. The van der Waals surface area contributed by atoms with Crippen LogP contribution in [-0.2, 0) is 16.1 Å². The molecule has 0 spiro atoms. The molecule has 0 amide bonds. The van der Waals surface area contributed by atoms with Gasteiger partial charge in [0.25, 0.3) is 5.56 Å². The Morgan fingerprint density at radius 1 is 0.977 bits per heavy atom. The fourth-order valence-electron chi connectivity index (χ4n) is 4.66. The minimum atomic E-state index is -0.809. The molecule has 0 aliphatic carbocycles. The molecule has 0 bridgehead atoms. The van der Waals surface area contributed by atoms with E-state index in [1.54, 1.807) is 48.5 Å². The first kappa shape index (κ1) is 30.4. The second kappa shape index (κ2) is 13.5. The molecule has 1 aliphatic rings. The van der Waals surface area contributed by atoms with Crippen LogP contribution in [0.25, 0.3) is 6.08 Å². The van der Waals surface area contributed by atoms with Crippen molar-refractivity contribution >= 4 is 46.6 Å². The van der Waals surface area contributed by atoms with E-state index in [2.05, 4.69) is 4.99 Å².